The molecule has 18 heavy (non-hydrogen) atoms. The maximum atomic E-state index is 11.7. The number of H-pyrrole nitrogens is 1. The van der Waals surface area contributed by atoms with Crippen molar-refractivity contribution in [2.75, 3.05) is 0 Å². The zero-order valence-corrected chi connectivity index (χ0v) is 11.5. The molecule has 2 aromatic rings. The van der Waals surface area contributed by atoms with Crippen molar-refractivity contribution in [3.05, 3.63) is 34.2 Å². The minimum atomic E-state index is -0.0294. The lowest BCUT2D eigenvalue weighted by Crippen LogP contribution is -2.12. The highest BCUT2D eigenvalue weighted by molar-refractivity contribution is 5.79. The van der Waals surface area contributed by atoms with E-state index in [1.807, 2.05) is 19.2 Å². The number of unbranched alkanes of at least 4 members (excludes halogenated alkanes) is 2. The molecule has 0 radical (unpaired) electrons. The van der Waals surface area contributed by atoms with E-state index in [9.17, 15) is 4.79 Å². The van der Waals surface area contributed by atoms with Crippen LogP contribution in [-0.4, -0.2) is 9.55 Å². The number of nitrogens with one attached hydrogen (secondary N) is 1. The highest BCUT2D eigenvalue weighted by Crippen LogP contribution is 2.27. The molecule has 1 atom stereocenters. The second kappa shape index (κ2) is 5.42. The van der Waals surface area contributed by atoms with E-state index in [-0.39, 0.29) is 5.69 Å². The molecule has 2 rings (SSSR count). The van der Waals surface area contributed by atoms with Crippen molar-refractivity contribution in [1.29, 1.82) is 0 Å². The Morgan fingerprint density at radius 2 is 2.11 bits per heavy atom. The van der Waals surface area contributed by atoms with E-state index in [0.717, 1.165) is 11.0 Å². The highest BCUT2D eigenvalue weighted by Gasteiger charge is 2.13. The predicted molar refractivity (Wildman–Crippen MR) is 76.1 cm³/mol. The molecule has 0 amide bonds. The van der Waals surface area contributed by atoms with Gasteiger partial charge in [-0.25, -0.2) is 4.79 Å². The summed E-state index contributed by atoms with van der Waals surface area (Å²) in [5, 5.41) is 0. The Labute approximate surface area is 108 Å². The fourth-order valence-electron chi connectivity index (χ4n) is 2.59. The standard InChI is InChI=1S/C15H22N2O/c1-4-5-6-8-11(2)12-9-7-10-13-14(12)17(3)15(18)16-13/h7,9-11H,4-6,8H2,1-3H3,(H,16,18). The van der Waals surface area contributed by atoms with Crippen LogP contribution in [0.1, 0.15) is 51.0 Å². The second-order valence-corrected chi connectivity index (χ2v) is 5.13. The quantitative estimate of drug-likeness (QED) is 0.805. The van der Waals surface area contributed by atoms with Crippen LogP contribution in [0.15, 0.2) is 23.0 Å². The third-order valence-electron chi connectivity index (χ3n) is 3.72. The van der Waals surface area contributed by atoms with Gasteiger partial charge in [0.1, 0.15) is 0 Å². The SMILES string of the molecule is CCCCCC(C)c1cccc2[nH]c(=O)n(C)c12. The van der Waals surface area contributed by atoms with Crippen LogP contribution < -0.4 is 5.69 Å². The summed E-state index contributed by atoms with van der Waals surface area (Å²) in [6.07, 6.45) is 4.98. The van der Waals surface area contributed by atoms with Crippen LogP contribution >= 0.6 is 0 Å². The van der Waals surface area contributed by atoms with E-state index in [0.29, 0.717) is 5.92 Å². The predicted octanol–water partition coefficient (Wildman–Crippen LogP) is 3.55. The lowest BCUT2D eigenvalue weighted by molar-refractivity contribution is 0.599. The molecular formula is C15H22N2O. The summed E-state index contributed by atoms with van der Waals surface area (Å²) in [6, 6.07) is 6.15. The summed E-state index contributed by atoms with van der Waals surface area (Å²) in [4.78, 5) is 14.6. The van der Waals surface area contributed by atoms with Crippen molar-refractivity contribution >= 4 is 11.0 Å². The van der Waals surface area contributed by atoms with Crippen molar-refractivity contribution in [2.45, 2.75) is 45.4 Å². The van der Waals surface area contributed by atoms with Gasteiger partial charge in [-0.1, -0.05) is 45.2 Å². The molecular weight excluding hydrogens is 224 g/mol. The third-order valence-corrected chi connectivity index (χ3v) is 3.72. The minimum absolute atomic E-state index is 0.0294. The van der Waals surface area contributed by atoms with Gasteiger partial charge in [-0.2, -0.15) is 0 Å². The molecule has 0 aliphatic heterocycles. The molecule has 0 saturated carbocycles. The van der Waals surface area contributed by atoms with Gasteiger partial charge in [-0.15, -0.1) is 0 Å². The number of aryl methyl sites for hydroxylation is 1. The summed E-state index contributed by atoms with van der Waals surface area (Å²) in [7, 11) is 1.84. The van der Waals surface area contributed by atoms with Crippen molar-refractivity contribution in [3.8, 4) is 0 Å². The maximum Gasteiger partial charge on any atom is 0.326 e. The average Bonchev–Trinajstić information content (AvgIpc) is 2.65. The smallest absolute Gasteiger partial charge is 0.306 e. The second-order valence-electron chi connectivity index (χ2n) is 5.13. The molecule has 1 heterocycles. The van der Waals surface area contributed by atoms with Crippen LogP contribution in [0.5, 0.6) is 0 Å². The molecule has 1 unspecified atom stereocenters. The lowest BCUT2D eigenvalue weighted by atomic mass is 9.94. The molecule has 1 aromatic carbocycles. The van der Waals surface area contributed by atoms with E-state index < -0.39 is 0 Å². The first-order chi connectivity index (χ1) is 8.65. The average molecular weight is 246 g/mol. The fourth-order valence-corrected chi connectivity index (χ4v) is 2.59. The largest absolute Gasteiger partial charge is 0.326 e. The van der Waals surface area contributed by atoms with Crippen molar-refractivity contribution in [1.82, 2.24) is 9.55 Å². The zero-order valence-electron chi connectivity index (χ0n) is 11.5. The number of aromatic nitrogens is 2. The van der Waals surface area contributed by atoms with Crippen LogP contribution in [0, 0.1) is 0 Å². The highest BCUT2D eigenvalue weighted by atomic mass is 16.1. The van der Waals surface area contributed by atoms with Crippen LogP contribution in [0.3, 0.4) is 0 Å². The zero-order chi connectivity index (χ0) is 13.1. The van der Waals surface area contributed by atoms with Gasteiger partial charge >= 0.3 is 5.69 Å². The number of aromatic amines is 1. The molecule has 3 nitrogen and oxygen atoms in total. The van der Waals surface area contributed by atoms with E-state index >= 15 is 0 Å². The van der Waals surface area contributed by atoms with Crippen LogP contribution in [0.25, 0.3) is 11.0 Å². The van der Waals surface area contributed by atoms with E-state index in [1.54, 1.807) is 4.57 Å². The Hall–Kier alpha value is -1.51. The molecule has 98 valence electrons. The monoisotopic (exact) mass is 246 g/mol. The summed E-state index contributed by atoms with van der Waals surface area (Å²) >= 11 is 0. The molecule has 0 bridgehead atoms. The Balaban J connectivity index is 2.35. The Kier molecular flexibility index (Phi) is 3.90. The molecule has 0 fully saturated rings. The van der Waals surface area contributed by atoms with Crippen molar-refractivity contribution in [3.63, 3.8) is 0 Å². The Morgan fingerprint density at radius 1 is 1.33 bits per heavy atom. The van der Waals surface area contributed by atoms with Gasteiger partial charge in [0.15, 0.2) is 0 Å². The summed E-state index contributed by atoms with van der Waals surface area (Å²) in [6.45, 7) is 4.48. The number of fused-ring (bicyclic) bond motifs is 1. The summed E-state index contributed by atoms with van der Waals surface area (Å²) in [5.74, 6) is 0.502. The first-order valence-corrected chi connectivity index (χ1v) is 6.82. The summed E-state index contributed by atoms with van der Waals surface area (Å²) in [5.41, 5.74) is 3.26. The van der Waals surface area contributed by atoms with E-state index in [2.05, 4.69) is 24.9 Å². The molecule has 0 saturated heterocycles. The normalized spacial score (nSPS) is 13.1. The third kappa shape index (κ3) is 2.35. The number of benzene rings is 1. The fraction of sp³-hybridized carbons (Fsp3) is 0.533. The van der Waals surface area contributed by atoms with Gasteiger partial charge in [-0.05, 0) is 24.0 Å². The van der Waals surface area contributed by atoms with Crippen molar-refractivity contribution in [2.24, 2.45) is 7.05 Å². The van der Waals surface area contributed by atoms with Crippen molar-refractivity contribution < 1.29 is 0 Å². The Morgan fingerprint density at radius 3 is 2.83 bits per heavy atom. The van der Waals surface area contributed by atoms with Gasteiger partial charge in [0.2, 0.25) is 0 Å². The van der Waals surface area contributed by atoms with Gasteiger partial charge in [-0.3, -0.25) is 4.57 Å². The lowest BCUT2D eigenvalue weighted by Gasteiger charge is -2.13. The maximum absolute atomic E-state index is 11.7. The number of hydrogen-bond donors (Lipinski definition) is 1. The van der Waals surface area contributed by atoms with Crippen LogP contribution in [-0.2, 0) is 7.05 Å². The van der Waals surface area contributed by atoms with Gasteiger partial charge in [0, 0.05) is 7.05 Å². The topological polar surface area (TPSA) is 37.8 Å². The molecule has 1 aromatic heterocycles. The van der Waals surface area contributed by atoms with Gasteiger partial charge < -0.3 is 4.98 Å². The first-order valence-electron chi connectivity index (χ1n) is 6.82. The van der Waals surface area contributed by atoms with Gasteiger partial charge in [0.25, 0.3) is 0 Å². The Bertz CT molecular complexity index is 580. The number of rotatable bonds is 5. The number of para-hydroxylation sites is 1. The minimum Gasteiger partial charge on any atom is -0.306 e. The number of imidazole rings is 1. The number of hydrogen-bond acceptors (Lipinski definition) is 1. The summed E-state index contributed by atoms with van der Waals surface area (Å²) < 4.78 is 1.72. The number of nitrogens with zero attached hydrogens (tertiary/aromatic N) is 1. The van der Waals surface area contributed by atoms with Gasteiger partial charge in [0.05, 0.1) is 11.0 Å². The molecule has 0 aliphatic carbocycles. The van der Waals surface area contributed by atoms with Crippen LogP contribution in [0.2, 0.25) is 0 Å². The first kappa shape index (κ1) is 12.9. The molecule has 0 aliphatic rings. The molecule has 1 N–H and O–H groups in total. The van der Waals surface area contributed by atoms with E-state index in [4.69, 9.17) is 0 Å². The molecule has 3 heteroatoms. The van der Waals surface area contributed by atoms with Crippen LogP contribution in [0.4, 0.5) is 0 Å². The molecule has 0 spiro atoms. The van der Waals surface area contributed by atoms with E-state index in [1.165, 1.54) is 31.2 Å².